The number of carboxylic acid groups (broad SMARTS) is 1. The van der Waals surface area contributed by atoms with Crippen molar-refractivity contribution in [3.05, 3.63) is 29.8 Å². The smallest absolute Gasteiger partial charge is 0.450 e. The standard InChI is InChI=1S/C26H34N4O4/c1-25(2,30-9-7-29(8-10-30)21-5-3-17(16-27)4-6-21)23(31)28-22-19-11-18-12-20(22)15-26(13-18,14-19)34-24(32)33/h3-6,18-20,22H,7-15H2,1-2H3,(H,28,31)(H,32,33). The Morgan fingerprint density at radius 3 is 2.26 bits per heavy atom. The number of rotatable bonds is 5. The van der Waals surface area contributed by atoms with Gasteiger partial charge in [0.2, 0.25) is 5.91 Å². The predicted octanol–water partition coefficient (Wildman–Crippen LogP) is 3.22. The maximum atomic E-state index is 13.5. The second-order valence-corrected chi connectivity index (χ2v) is 11.2. The first-order chi connectivity index (χ1) is 16.2. The number of piperazine rings is 1. The van der Waals surface area contributed by atoms with Crippen LogP contribution in [0.15, 0.2) is 24.3 Å². The zero-order valence-electron chi connectivity index (χ0n) is 20.0. The molecule has 1 aromatic rings. The van der Waals surface area contributed by atoms with E-state index in [1.54, 1.807) is 0 Å². The number of nitrogens with zero attached hydrogens (tertiary/aromatic N) is 3. The van der Waals surface area contributed by atoms with Crippen LogP contribution in [0.5, 0.6) is 0 Å². The summed E-state index contributed by atoms with van der Waals surface area (Å²) >= 11 is 0. The molecule has 5 aliphatic rings. The molecule has 2 N–H and O–H groups in total. The average Bonchev–Trinajstić information content (AvgIpc) is 2.80. The Balaban J connectivity index is 1.20. The van der Waals surface area contributed by atoms with Crippen molar-refractivity contribution in [1.82, 2.24) is 10.2 Å². The van der Waals surface area contributed by atoms with Gasteiger partial charge in [-0.3, -0.25) is 9.69 Å². The van der Waals surface area contributed by atoms with Gasteiger partial charge in [0.25, 0.3) is 0 Å². The van der Waals surface area contributed by atoms with Crippen molar-refractivity contribution < 1.29 is 19.4 Å². The Bertz CT molecular complexity index is 977. The van der Waals surface area contributed by atoms with Gasteiger partial charge in [0.05, 0.1) is 17.2 Å². The molecule has 0 spiro atoms. The van der Waals surface area contributed by atoms with Gasteiger partial charge in [-0.2, -0.15) is 5.26 Å². The lowest BCUT2D eigenvalue weighted by Crippen LogP contribution is -2.66. The fraction of sp³-hybridized carbons (Fsp3) is 0.654. The molecule has 8 nitrogen and oxygen atoms in total. The molecule has 1 heterocycles. The van der Waals surface area contributed by atoms with Gasteiger partial charge in [0.1, 0.15) is 5.60 Å². The molecule has 182 valence electrons. The Morgan fingerprint density at radius 2 is 1.71 bits per heavy atom. The number of carbonyl (C=O) groups is 2. The van der Waals surface area contributed by atoms with E-state index in [2.05, 4.69) is 21.2 Å². The van der Waals surface area contributed by atoms with Crippen LogP contribution < -0.4 is 10.2 Å². The van der Waals surface area contributed by atoms with Crippen LogP contribution in [0.4, 0.5) is 10.5 Å². The molecule has 8 heteroatoms. The third-order valence-corrected chi connectivity index (χ3v) is 8.81. The molecule has 1 amide bonds. The number of nitriles is 1. The lowest BCUT2D eigenvalue weighted by Gasteiger charge is -2.59. The van der Waals surface area contributed by atoms with Crippen molar-refractivity contribution in [1.29, 1.82) is 5.26 Å². The van der Waals surface area contributed by atoms with Gasteiger partial charge in [0.15, 0.2) is 0 Å². The Hall–Kier alpha value is -2.79. The van der Waals surface area contributed by atoms with Crippen LogP contribution in [0.3, 0.4) is 0 Å². The molecule has 1 saturated heterocycles. The van der Waals surface area contributed by atoms with Crippen LogP contribution >= 0.6 is 0 Å². The van der Waals surface area contributed by atoms with E-state index in [9.17, 15) is 14.7 Å². The molecule has 2 unspecified atom stereocenters. The molecule has 0 radical (unpaired) electrons. The second kappa shape index (κ2) is 8.46. The largest absolute Gasteiger partial charge is 0.506 e. The van der Waals surface area contributed by atoms with Gasteiger partial charge in [-0.1, -0.05) is 0 Å². The van der Waals surface area contributed by atoms with Gasteiger partial charge in [0, 0.05) is 37.9 Å². The summed E-state index contributed by atoms with van der Waals surface area (Å²) in [5.74, 6) is 1.15. The first-order valence-corrected chi connectivity index (χ1v) is 12.4. The molecule has 4 bridgehead atoms. The number of nitrogens with one attached hydrogen (secondary N) is 1. The molecule has 5 fully saturated rings. The minimum absolute atomic E-state index is 0.0602. The topological polar surface area (TPSA) is 106 Å². The van der Waals surface area contributed by atoms with Gasteiger partial charge in [-0.05, 0) is 88.0 Å². The first kappa shape index (κ1) is 23.0. The zero-order valence-corrected chi connectivity index (χ0v) is 20.0. The number of carbonyl (C=O) groups excluding carboxylic acids is 1. The summed E-state index contributed by atoms with van der Waals surface area (Å²) in [5, 5.41) is 21.6. The van der Waals surface area contributed by atoms with E-state index in [1.165, 1.54) is 0 Å². The highest BCUT2D eigenvalue weighted by atomic mass is 16.7. The van der Waals surface area contributed by atoms with Crippen molar-refractivity contribution in [2.24, 2.45) is 17.8 Å². The summed E-state index contributed by atoms with van der Waals surface area (Å²) in [4.78, 5) is 29.3. The van der Waals surface area contributed by atoms with Crippen LogP contribution in [0.2, 0.25) is 0 Å². The molecule has 4 aliphatic carbocycles. The van der Waals surface area contributed by atoms with Crippen LogP contribution in [-0.2, 0) is 9.53 Å². The Kier molecular flexibility index (Phi) is 5.71. The monoisotopic (exact) mass is 466 g/mol. The molecule has 6 rings (SSSR count). The average molecular weight is 467 g/mol. The summed E-state index contributed by atoms with van der Waals surface area (Å²) < 4.78 is 5.40. The third kappa shape index (κ3) is 4.11. The molecular weight excluding hydrogens is 432 g/mol. The van der Waals surface area contributed by atoms with Crippen molar-refractivity contribution in [2.75, 3.05) is 31.1 Å². The number of amides is 1. The van der Waals surface area contributed by atoms with Gasteiger partial charge >= 0.3 is 6.16 Å². The van der Waals surface area contributed by atoms with E-state index in [4.69, 9.17) is 10.00 Å². The van der Waals surface area contributed by atoms with E-state index in [1.807, 2.05) is 38.1 Å². The lowest BCUT2D eigenvalue weighted by molar-refractivity contribution is -0.157. The third-order valence-electron chi connectivity index (χ3n) is 8.81. The van der Waals surface area contributed by atoms with Crippen molar-refractivity contribution in [2.45, 2.75) is 63.1 Å². The van der Waals surface area contributed by atoms with Crippen molar-refractivity contribution in [3.8, 4) is 6.07 Å². The number of ether oxygens (including phenoxy) is 1. The number of benzene rings is 1. The van der Waals surface area contributed by atoms with Gasteiger partial charge in [-0.15, -0.1) is 0 Å². The summed E-state index contributed by atoms with van der Waals surface area (Å²) in [5.41, 5.74) is 0.596. The zero-order chi connectivity index (χ0) is 24.1. The van der Waals surface area contributed by atoms with Crippen molar-refractivity contribution in [3.63, 3.8) is 0 Å². The van der Waals surface area contributed by atoms with E-state index in [0.29, 0.717) is 23.3 Å². The molecule has 1 aliphatic heterocycles. The number of hydrogen-bond acceptors (Lipinski definition) is 6. The fourth-order valence-electron chi connectivity index (χ4n) is 7.24. The van der Waals surface area contributed by atoms with E-state index < -0.39 is 17.3 Å². The van der Waals surface area contributed by atoms with Crippen LogP contribution in [0, 0.1) is 29.1 Å². The quantitative estimate of drug-likeness (QED) is 0.642. The minimum atomic E-state index is -1.18. The lowest BCUT2D eigenvalue weighted by atomic mass is 9.52. The van der Waals surface area contributed by atoms with Crippen LogP contribution in [0.1, 0.15) is 51.5 Å². The van der Waals surface area contributed by atoms with Crippen molar-refractivity contribution >= 4 is 17.7 Å². The molecule has 1 aromatic carbocycles. The predicted molar refractivity (Wildman–Crippen MR) is 126 cm³/mol. The van der Waals surface area contributed by atoms with E-state index in [0.717, 1.165) is 64.0 Å². The summed E-state index contributed by atoms with van der Waals surface area (Å²) in [6, 6.07) is 9.92. The maximum absolute atomic E-state index is 13.5. The van der Waals surface area contributed by atoms with E-state index in [-0.39, 0.29) is 11.9 Å². The van der Waals surface area contributed by atoms with E-state index >= 15 is 0 Å². The molecular formula is C26H34N4O4. The minimum Gasteiger partial charge on any atom is -0.450 e. The fourth-order valence-corrected chi connectivity index (χ4v) is 7.24. The molecule has 34 heavy (non-hydrogen) atoms. The highest BCUT2D eigenvalue weighted by molar-refractivity contribution is 5.85. The maximum Gasteiger partial charge on any atom is 0.506 e. The first-order valence-electron chi connectivity index (χ1n) is 12.4. The van der Waals surface area contributed by atoms with Gasteiger partial charge in [-0.25, -0.2) is 4.79 Å². The highest BCUT2D eigenvalue weighted by Gasteiger charge is 2.58. The van der Waals surface area contributed by atoms with Gasteiger partial charge < -0.3 is 20.1 Å². The summed E-state index contributed by atoms with van der Waals surface area (Å²) in [6.45, 7) is 7.24. The summed E-state index contributed by atoms with van der Waals surface area (Å²) in [7, 11) is 0. The molecule has 4 saturated carbocycles. The normalized spacial score (nSPS) is 32.8. The SMILES string of the molecule is CC(C)(C(=O)NC1C2CC3CC1CC(OC(=O)O)(C3)C2)N1CCN(c2ccc(C#N)cc2)CC1. The Labute approximate surface area is 200 Å². The second-order valence-electron chi connectivity index (χ2n) is 11.2. The molecule has 0 aromatic heterocycles. The molecule has 2 atom stereocenters. The Morgan fingerprint density at radius 1 is 1.09 bits per heavy atom. The highest BCUT2D eigenvalue weighted by Crippen LogP contribution is 2.57. The van der Waals surface area contributed by atoms with Crippen LogP contribution in [-0.4, -0.2) is 65.4 Å². The van der Waals surface area contributed by atoms with Crippen LogP contribution in [0.25, 0.3) is 0 Å². The number of anilines is 1. The number of hydrogen-bond donors (Lipinski definition) is 2. The summed E-state index contributed by atoms with van der Waals surface area (Å²) in [6.07, 6.45) is 3.21.